The van der Waals surface area contributed by atoms with E-state index in [1.165, 1.54) is 36.7 Å². The Morgan fingerprint density at radius 3 is 2.70 bits per heavy atom. The van der Waals surface area contributed by atoms with Crippen molar-refractivity contribution >= 4 is 34.0 Å². The van der Waals surface area contributed by atoms with E-state index in [0.29, 0.717) is 58.1 Å². The number of thiophene rings is 1. The van der Waals surface area contributed by atoms with Crippen molar-refractivity contribution in [1.29, 1.82) is 0 Å². The van der Waals surface area contributed by atoms with Crippen molar-refractivity contribution in [1.82, 2.24) is 30.2 Å². The standard InChI is InChI=1S/C26H23ClF2N6OS/c27-16-6-8-18(23(10-16)36-14-17-7-9-24(37-17)25-31-33-34-32-25)26-30-21-11-19(28)20(29)12-22(21)35(26)13-15-4-2-1-3-5-15/h6-12,15H,1-5,13-14H2,(H,31,32,33,34). The van der Waals surface area contributed by atoms with Gasteiger partial charge in [-0.15, -0.1) is 16.4 Å². The Balaban J connectivity index is 1.37. The number of ether oxygens (including phenoxy) is 1. The van der Waals surface area contributed by atoms with Crippen LogP contribution in [-0.2, 0) is 13.2 Å². The van der Waals surface area contributed by atoms with Crippen LogP contribution in [0.2, 0.25) is 5.02 Å². The van der Waals surface area contributed by atoms with E-state index in [1.54, 1.807) is 12.1 Å². The second-order valence-corrected chi connectivity index (χ2v) is 10.9. The maximum absolute atomic E-state index is 14.3. The zero-order chi connectivity index (χ0) is 25.4. The lowest BCUT2D eigenvalue weighted by molar-refractivity contribution is 0.309. The van der Waals surface area contributed by atoms with Gasteiger partial charge in [0.2, 0.25) is 0 Å². The quantitative estimate of drug-likeness (QED) is 0.239. The molecule has 3 aromatic heterocycles. The van der Waals surface area contributed by atoms with Gasteiger partial charge in [-0.05, 0) is 59.5 Å². The van der Waals surface area contributed by atoms with Crippen LogP contribution in [0.25, 0.3) is 33.1 Å². The van der Waals surface area contributed by atoms with E-state index in [1.807, 2.05) is 22.8 Å². The number of rotatable bonds is 7. The third-order valence-electron chi connectivity index (χ3n) is 6.75. The molecule has 1 N–H and O–H groups in total. The van der Waals surface area contributed by atoms with Gasteiger partial charge in [0.15, 0.2) is 17.5 Å². The molecule has 0 spiro atoms. The molecule has 0 bridgehead atoms. The minimum Gasteiger partial charge on any atom is -0.487 e. The molecule has 37 heavy (non-hydrogen) atoms. The lowest BCUT2D eigenvalue weighted by atomic mass is 9.89. The number of tetrazole rings is 1. The largest absolute Gasteiger partial charge is 0.487 e. The van der Waals surface area contributed by atoms with Crippen LogP contribution in [0.5, 0.6) is 5.75 Å². The molecule has 1 aliphatic carbocycles. The predicted octanol–water partition coefficient (Wildman–Crippen LogP) is 7.04. The number of aromatic nitrogens is 6. The Kier molecular flexibility index (Phi) is 6.60. The Morgan fingerprint density at radius 2 is 1.89 bits per heavy atom. The van der Waals surface area contributed by atoms with Gasteiger partial charge < -0.3 is 9.30 Å². The van der Waals surface area contributed by atoms with Gasteiger partial charge in [-0.25, -0.2) is 18.9 Å². The first kappa shape index (κ1) is 24.0. The number of nitrogens with one attached hydrogen (secondary N) is 1. The first-order valence-electron chi connectivity index (χ1n) is 12.2. The fraction of sp³-hybridized carbons (Fsp3) is 0.308. The smallest absolute Gasteiger partial charge is 0.189 e. The summed E-state index contributed by atoms with van der Waals surface area (Å²) < 4.78 is 36.7. The molecule has 11 heteroatoms. The summed E-state index contributed by atoms with van der Waals surface area (Å²) in [5, 5.41) is 14.5. The van der Waals surface area contributed by atoms with E-state index < -0.39 is 11.6 Å². The first-order valence-corrected chi connectivity index (χ1v) is 13.4. The fourth-order valence-corrected chi connectivity index (χ4v) is 5.95. The van der Waals surface area contributed by atoms with E-state index in [4.69, 9.17) is 21.3 Å². The molecular formula is C26H23ClF2N6OS. The molecule has 0 aliphatic heterocycles. The summed E-state index contributed by atoms with van der Waals surface area (Å²) in [7, 11) is 0. The molecule has 0 atom stereocenters. The zero-order valence-corrected chi connectivity index (χ0v) is 21.3. The molecule has 1 fully saturated rings. The van der Waals surface area contributed by atoms with Crippen LogP contribution < -0.4 is 4.74 Å². The topological polar surface area (TPSA) is 81.5 Å². The molecule has 1 saturated carbocycles. The molecule has 5 aromatic rings. The summed E-state index contributed by atoms with van der Waals surface area (Å²) in [6, 6.07) is 11.7. The van der Waals surface area contributed by atoms with E-state index in [2.05, 4.69) is 20.6 Å². The van der Waals surface area contributed by atoms with Crippen LogP contribution >= 0.6 is 22.9 Å². The molecule has 6 rings (SSSR count). The average molecular weight is 541 g/mol. The number of hydrogen-bond donors (Lipinski definition) is 1. The van der Waals surface area contributed by atoms with Crippen molar-refractivity contribution < 1.29 is 13.5 Å². The monoisotopic (exact) mass is 540 g/mol. The zero-order valence-electron chi connectivity index (χ0n) is 19.8. The highest BCUT2D eigenvalue weighted by Gasteiger charge is 2.23. The summed E-state index contributed by atoms with van der Waals surface area (Å²) in [5.74, 6) is 0.401. The summed E-state index contributed by atoms with van der Waals surface area (Å²) in [6.07, 6.45) is 5.80. The Hall–Kier alpha value is -3.37. The highest BCUT2D eigenvalue weighted by molar-refractivity contribution is 7.15. The van der Waals surface area contributed by atoms with Crippen LogP contribution in [0.1, 0.15) is 37.0 Å². The molecule has 1 aliphatic rings. The van der Waals surface area contributed by atoms with Gasteiger partial charge >= 0.3 is 0 Å². The summed E-state index contributed by atoms with van der Waals surface area (Å²) in [6.45, 7) is 0.976. The number of aromatic amines is 1. The van der Waals surface area contributed by atoms with Gasteiger partial charge in [0.25, 0.3) is 0 Å². The molecule has 0 saturated heterocycles. The lowest BCUT2D eigenvalue weighted by Crippen LogP contribution is -2.15. The van der Waals surface area contributed by atoms with Crippen LogP contribution in [0.15, 0.2) is 42.5 Å². The molecule has 0 unspecified atom stereocenters. The second-order valence-electron chi connectivity index (χ2n) is 9.25. The Morgan fingerprint density at radius 1 is 1.05 bits per heavy atom. The average Bonchev–Trinajstić information content (AvgIpc) is 3.65. The number of imidazole rings is 1. The SMILES string of the molecule is Fc1cc2nc(-c3ccc(Cl)cc3OCc3ccc(-c4nnn[nH]4)s3)n(CC3CCCCC3)c2cc1F. The Bertz CT molecular complexity index is 1540. The molecular weight excluding hydrogens is 518 g/mol. The number of fused-ring (bicyclic) bond motifs is 1. The molecule has 2 aromatic carbocycles. The minimum atomic E-state index is -0.913. The molecule has 3 heterocycles. The number of halogens is 3. The van der Waals surface area contributed by atoms with E-state index >= 15 is 0 Å². The summed E-state index contributed by atoms with van der Waals surface area (Å²) in [4.78, 5) is 6.61. The predicted molar refractivity (Wildman–Crippen MR) is 138 cm³/mol. The van der Waals surface area contributed by atoms with Crippen molar-refractivity contribution in [2.24, 2.45) is 5.92 Å². The highest BCUT2D eigenvalue weighted by Crippen LogP contribution is 2.37. The molecule has 7 nitrogen and oxygen atoms in total. The van der Waals surface area contributed by atoms with Crippen molar-refractivity contribution in [2.75, 3.05) is 0 Å². The summed E-state index contributed by atoms with van der Waals surface area (Å²) >= 11 is 7.86. The highest BCUT2D eigenvalue weighted by atomic mass is 35.5. The van der Waals surface area contributed by atoms with Gasteiger partial charge in [0, 0.05) is 28.6 Å². The van der Waals surface area contributed by atoms with Crippen molar-refractivity contribution in [2.45, 2.75) is 45.3 Å². The van der Waals surface area contributed by atoms with Crippen LogP contribution in [0.4, 0.5) is 8.78 Å². The number of hydrogen-bond acceptors (Lipinski definition) is 6. The summed E-state index contributed by atoms with van der Waals surface area (Å²) in [5.41, 5.74) is 1.70. The third-order valence-corrected chi connectivity index (χ3v) is 8.05. The van der Waals surface area contributed by atoms with Gasteiger partial charge in [-0.2, -0.15) is 0 Å². The number of benzene rings is 2. The fourth-order valence-electron chi connectivity index (χ4n) is 4.93. The normalized spacial score (nSPS) is 14.5. The molecule has 190 valence electrons. The molecule has 0 radical (unpaired) electrons. The van der Waals surface area contributed by atoms with Crippen molar-refractivity contribution in [3.05, 3.63) is 64.0 Å². The Labute approximate surface area is 220 Å². The van der Waals surface area contributed by atoms with E-state index in [0.717, 1.165) is 28.7 Å². The third kappa shape index (κ3) is 4.95. The van der Waals surface area contributed by atoms with E-state index in [-0.39, 0.29) is 0 Å². The van der Waals surface area contributed by atoms with Crippen LogP contribution in [0, 0.1) is 17.6 Å². The van der Waals surface area contributed by atoms with E-state index in [9.17, 15) is 8.78 Å². The van der Waals surface area contributed by atoms with Gasteiger partial charge in [0.1, 0.15) is 18.2 Å². The van der Waals surface area contributed by atoms with Gasteiger partial charge in [0.05, 0.1) is 21.5 Å². The second kappa shape index (κ2) is 10.2. The van der Waals surface area contributed by atoms with Gasteiger partial charge in [-0.3, -0.25) is 0 Å². The number of H-pyrrole nitrogens is 1. The number of nitrogens with zero attached hydrogens (tertiary/aromatic N) is 5. The molecule has 0 amide bonds. The maximum Gasteiger partial charge on any atom is 0.189 e. The van der Waals surface area contributed by atoms with Gasteiger partial charge in [-0.1, -0.05) is 30.9 Å². The van der Waals surface area contributed by atoms with Crippen LogP contribution in [0.3, 0.4) is 0 Å². The van der Waals surface area contributed by atoms with Crippen molar-refractivity contribution in [3.63, 3.8) is 0 Å². The first-order chi connectivity index (χ1) is 18.0. The van der Waals surface area contributed by atoms with Crippen molar-refractivity contribution in [3.8, 4) is 27.8 Å². The maximum atomic E-state index is 14.3. The lowest BCUT2D eigenvalue weighted by Gasteiger charge is -2.23. The van der Waals surface area contributed by atoms with Crippen LogP contribution in [-0.4, -0.2) is 30.2 Å². The minimum absolute atomic E-state index is 0.297.